The smallest absolute Gasteiger partial charge is 0.275 e. The van der Waals surface area contributed by atoms with Gasteiger partial charge in [-0.25, -0.2) is 0 Å². The minimum atomic E-state index is -0.523. The molecule has 0 saturated carbocycles. The third-order valence-electron chi connectivity index (χ3n) is 2.73. The molecule has 0 unspecified atom stereocenters. The minimum absolute atomic E-state index is 0.00813. The summed E-state index contributed by atoms with van der Waals surface area (Å²) in [5, 5.41) is 14.3. The number of aryl methyl sites for hydroxylation is 1. The molecule has 0 aliphatic heterocycles. The van der Waals surface area contributed by atoms with Gasteiger partial charge in [0.05, 0.1) is 16.7 Å². The van der Waals surface area contributed by atoms with Crippen molar-refractivity contribution >= 4 is 40.3 Å². The number of nitro benzene ring substituents is 1. The number of anilines is 1. The first-order chi connectivity index (χ1) is 10.3. The summed E-state index contributed by atoms with van der Waals surface area (Å²) in [6.07, 6.45) is 0. The lowest BCUT2D eigenvalue weighted by Crippen LogP contribution is -2.18. The molecule has 0 bridgehead atoms. The van der Waals surface area contributed by atoms with Crippen LogP contribution in [0.15, 0.2) is 36.4 Å². The van der Waals surface area contributed by atoms with Crippen LogP contribution in [0.4, 0.5) is 11.4 Å². The maximum absolute atomic E-state index is 11.0. The summed E-state index contributed by atoms with van der Waals surface area (Å²) < 4.78 is 5.64. The summed E-state index contributed by atoms with van der Waals surface area (Å²) in [7, 11) is 0. The summed E-state index contributed by atoms with van der Waals surface area (Å²) in [5.74, 6) is 0.804. The van der Waals surface area contributed by atoms with Gasteiger partial charge in [0.15, 0.2) is 5.11 Å². The van der Waals surface area contributed by atoms with Crippen molar-refractivity contribution in [3.63, 3.8) is 0 Å². The van der Waals surface area contributed by atoms with Gasteiger partial charge >= 0.3 is 0 Å². The maximum Gasteiger partial charge on any atom is 0.275 e. The van der Waals surface area contributed by atoms with E-state index in [-0.39, 0.29) is 16.5 Å². The molecular formula is C14H12ClN3O3S. The third-order valence-corrected chi connectivity index (χ3v) is 3.26. The molecule has 0 atom stereocenters. The van der Waals surface area contributed by atoms with Crippen molar-refractivity contribution in [2.45, 2.75) is 6.92 Å². The first kappa shape index (κ1) is 16.0. The number of ether oxygens (including phenoxy) is 1. The molecule has 114 valence electrons. The lowest BCUT2D eigenvalue weighted by molar-refractivity contribution is -0.384. The topological polar surface area (TPSA) is 90.4 Å². The van der Waals surface area contributed by atoms with Gasteiger partial charge in [-0.3, -0.25) is 10.1 Å². The van der Waals surface area contributed by atoms with Crippen LogP contribution in [0.2, 0.25) is 5.02 Å². The highest BCUT2D eigenvalue weighted by Gasteiger charge is 2.12. The highest BCUT2D eigenvalue weighted by molar-refractivity contribution is 7.80. The number of nitrogens with one attached hydrogen (secondary N) is 1. The second-order valence-electron chi connectivity index (χ2n) is 4.48. The Balaban J connectivity index is 2.36. The zero-order valence-electron chi connectivity index (χ0n) is 11.5. The molecular weight excluding hydrogens is 326 g/mol. The molecule has 0 radical (unpaired) electrons. The first-order valence-corrected chi connectivity index (χ1v) is 6.94. The van der Waals surface area contributed by atoms with Crippen LogP contribution in [0.3, 0.4) is 0 Å². The minimum Gasteiger partial charge on any atom is -0.457 e. The molecule has 0 saturated heterocycles. The van der Waals surface area contributed by atoms with Crippen LogP contribution in [0.25, 0.3) is 0 Å². The highest BCUT2D eigenvalue weighted by atomic mass is 35.5. The van der Waals surface area contributed by atoms with E-state index < -0.39 is 4.92 Å². The van der Waals surface area contributed by atoms with Crippen molar-refractivity contribution in [3.8, 4) is 11.5 Å². The van der Waals surface area contributed by atoms with Crippen LogP contribution < -0.4 is 15.8 Å². The predicted molar refractivity (Wildman–Crippen MR) is 89.8 cm³/mol. The molecule has 2 aromatic rings. The van der Waals surface area contributed by atoms with Crippen molar-refractivity contribution in [2.75, 3.05) is 5.32 Å². The van der Waals surface area contributed by atoms with Gasteiger partial charge in [-0.1, -0.05) is 11.6 Å². The molecule has 22 heavy (non-hydrogen) atoms. The predicted octanol–water partition coefficient (Wildman–Crippen LogP) is 4.00. The first-order valence-electron chi connectivity index (χ1n) is 6.15. The number of hydrogen-bond donors (Lipinski definition) is 2. The van der Waals surface area contributed by atoms with E-state index in [1.165, 1.54) is 12.1 Å². The normalized spacial score (nSPS) is 10.1. The van der Waals surface area contributed by atoms with Crippen LogP contribution in [-0.4, -0.2) is 10.0 Å². The molecule has 3 N–H and O–H groups in total. The van der Waals surface area contributed by atoms with Crippen molar-refractivity contribution in [3.05, 3.63) is 57.1 Å². The molecule has 0 heterocycles. The number of benzene rings is 2. The molecule has 0 aliphatic rings. The number of nitro groups is 1. The van der Waals surface area contributed by atoms with Gasteiger partial charge in [-0.15, -0.1) is 0 Å². The number of thiocarbonyl (C=S) groups is 1. The number of nitrogens with two attached hydrogens (primary N) is 1. The molecule has 8 heteroatoms. The Labute approximate surface area is 137 Å². The Morgan fingerprint density at radius 2 is 2.05 bits per heavy atom. The van der Waals surface area contributed by atoms with E-state index >= 15 is 0 Å². The van der Waals surface area contributed by atoms with E-state index in [9.17, 15) is 10.1 Å². The quantitative estimate of drug-likeness (QED) is 0.497. The van der Waals surface area contributed by atoms with Gasteiger partial charge in [0, 0.05) is 17.2 Å². The van der Waals surface area contributed by atoms with Crippen LogP contribution in [-0.2, 0) is 0 Å². The second kappa shape index (κ2) is 6.59. The number of halogens is 1. The van der Waals surface area contributed by atoms with Gasteiger partial charge in [0.2, 0.25) is 0 Å². The van der Waals surface area contributed by atoms with Crippen molar-refractivity contribution < 1.29 is 9.66 Å². The molecule has 6 nitrogen and oxygen atoms in total. The van der Waals surface area contributed by atoms with Crippen LogP contribution in [0.1, 0.15) is 5.56 Å². The average Bonchev–Trinajstić information content (AvgIpc) is 2.42. The van der Waals surface area contributed by atoms with Gasteiger partial charge in [0.25, 0.3) is 5.69 Å². The number of non-ortho nitro benzene ring substituents is 1. The second-order valence-corrected chi connectivity index (χ2v) is 5.32. The van der Waals surface area contributed by atoms with E-state index in [0.717, 1.165) is 5.56 Å². The molecule has 0 aromatic heterocycles. The average molecular weight is 338 g/mol. The van der Waals surface area contributed by atoms with Gasteiger partial charge < -0.3 is 15.8 Å². The van der Waals surface area contributed by atoms with Crippen molar-refractivity contribution in [2.24, 2.45) is 5.73 Å². The van der Waals surface area contributed by atoms with Gasteiger partial charge in [-0.05, 0) is 42.9 Å². The Hall–Kier alpha value is -2.38. The SMILES string of the molecule is Cc1cc(Oc2cc(NC(N)=S)cc([N+](=O)[O-])c2)ccc1Cl. The lowest BCUT2D eigenvalue weighted by Gasteiger charge is -2.10. The highest BCUT2D eigenvalue weighted by Crippen LogP contribution is 2.31. The summed E-state index contributed by atoms with van der Waals surface area (Å²) in [6.45, 7) is 1.84. The molecule has 0 spiro atoms. The van der Waals surface area contributed by atoms with E-state index in [1.54, 1.807) is 24.3 Å². The molecule has 2 rings (SSSR count). The zero-order chi connectivity index (χ0) is 16.3. The van der Waals surface area contributed by atoms with Crippen LogP contribution >= 0.6 is 23.8 Å². The summed E-state index contributed by atoms with van der Waals surface area (Å²) in [6, 6.07) is 9.30. The standard InChI is InChI=1S/C14H12ClN3O3S/c1-8-4-11(2-3-13(8)15)21-12-6-9(17-14(16)22)5-10(7-12)18(19)20/h2-7H,1H3,(H3,16,17,22). The molecule has 0 aliphatic carbocycles. The van der Waals surface area contributed by atoms with Gasteiger partial charge in [0.1, 0.15) is 11.5 Å². The Morgan fingerprint density at radius 1 is 1.32 bits per heavy atom. The lowest BCUT2D eigenvalue weighted by atomic mass is 10.2. The summed E-state index contributed by atoms with van der Waals surface area (Å²) in [4.78, 5) is 10.5. The van der Waals surface area contributed by atoms with Gasteiger partial charge in [-0.2, -0.15) is 0 Å². The Kier molecular flexibility index (Phi) is 4.79. The summed E-state index contributed by atoms with van der Waals surface area (Å²) >= 11 is 10.7. The molecule has 0 amide bonds. The molecule has 0 fully saturated rings. The fraction of sp³-hybridized carbons (Fsp3) is 0.0714. The maximum atomic E-state index is 11.0. The molecule has 2 aromatic carbocycles. The number of hydrogen-bond acceptors (Lipinski definition) is 4. The van der Waals surface area contributed by atoms with E-state index in [1.807, 2.05) is 6.92 Å². The van der Waals surface area contributed by atoms with Crippen LogP contribution in [0.5, 0.6) is 11.5 Å². The van der Waals surface area contributed by atoms with E-state index in [2.05, 4.69) is 5.32 Å². The van der Waals surface area contributed by atoms with Crippen molar-refractivity contribution in [1.82, 2.24) is 0 Å². The van der Waals surface area contributed by atoms with E-state index in [4.69, 9.17) is 34.3 Å². The Bertz CT molecular complexity index is 752. The third kappa shape index (κ3) is 4.06. The van der Waals surface area contributed by atoms with Crippen LogP contribution in [0, 0.1) is 17.0 Å². The summed E-state index contributed by atoms with van der Waals surface area (Å²) in [5.41, 5.74) is 6.46. The zero-order valence-corrected chi connectivity index (χ0v) is 13.1. The number of nitrogens with zero attached hydrogens (tertiary/aromatic N) is 1. The fourth-order valence-corrected chi connectivity index (χ4v) is 2.01. The monoisotopic (exact) mass is 337 g/mol. The fourth-order valence-electron chi connectivity index (χ4n) is 1.78. The Morgan fingerprint density at radius 3 is 2.64 bits per heavy atom. The van der Waals surface area contributed by atoms with E-state index in [0.29, 0.717) is 16.5 Å². The van der Waals surface area contributed by atoms with Crippen molar-refractivity contribution in [1.29, 1.82) is 0 Å². The largest absolute Gasteiger partial charge is 0.457 e. The number of rotatable bonds is 4.